The van der Waals surface area contributed by atoms with Crippen LogP contribution in [-0.4, -0.2) is 66.5 Å². The van der Waals surface area contributed by atoms with Gasteiger partial charge in [-0.2, -0.15) is 0 Å². The van der Waals surface area contributed by atoms with Gasteiger partial charge in [-0.1, -0.05) is 6.07 Å². The number of likely N-dealkylation sites (N-methyl/N-ethyl adjacent to an activating group) is 1. The van der Waals surface area contributed by atoms with Crippen molar-refractivity contribution in [2.75, 3.05) is 44.8 Å². The molecule has 0 saturated carbocycles. The van der Waals surface area contributed by atoms with Crippen molar-refractivity contribution in [1.29, 1.82) is 0 Å². The third-order valence-electron chi connectivity index (χ3n) is 5.18. The highest BCUT2D eigenvalue weighted by molar-refractivity contribution is 5.40. The molecule has 23 heavy (non-hydrogen) atoms. The van der Waals surface area contributed by atoms with Gasteiger partial charge in [0.2, 0.25) is 0 Å². The van der Waals surface area contributed by atoms with E-state index in [0.717, 1.165) is 44.0 Å². The average Bonchev–Trinajstić information content (AvgIpc) is 2.55. The summed E-state index contributed by atoms with van der Waals surface area (Å²) in [6.07, 6.45) is 3.85. The first-order chi connectivity index (χ1) is 11.1. The van der Waals surface area contributed by atoms with Gasteiger partial charge >= 0.3 is 0 Å². The van der Waals surface area contributed by atoms with E-state index in [1.807, 2.05) is 13.0 Å². The maximum absolute atomic E-state index is 10.7. The molecule has 1 N–H and O–H groups in total. The minimum Gasteiger partial charge on any atom is -0.388 e. The number of aliphatic hydroxyl groups is 1. The lowest BCUT2D eigenvalue weighted by Gasteiger charge is -2.42. The van der Waals surface area contributed by atoms with Gasteiger partial charge in [0, 0.05) is 57.4 Å². The minimum absolute atomic E-state index is 0.470. The summed E-state index contributed by atoms with van der Waals surface area (Å²) in [6.45, 7) is 6.18. The standard InChI is InChI=1S/C18H29N3O2/c1-15-5-3-7-17(19-15)21-10-4-6-16(13-21)20(2)14-18(22)8-11-23-12-9-18/h3,5,7,16,22H,4,6,8-14H2,1-2H3/t16-/m1/s1. The van der Waals surface area contributed by atoms with Gasteiger partial charge in [-0.05, 0) is 38.9 Å². The maximum atomic E-state index is 10.7. The monoisotopic (exact) mass is 319 g/mol. The van der Waals surface area contributed by atoms with E-state index in [0.29, 0.717) is 19.3 Å². The number of piperidine rings is 1. The Morgan fingerprint density at radius 1 is 1.39 bits per heavy atom. The van der Waals surface area contributed by atoms with Gasteiger partial charge in [0.25, 0.3) is 0 Å². The van der Waals surface area contributed by atoms with Crippen molar-refractivity contribution < 1.29 is 9.84 Å². The van der Waals surface area contributed by atoms with Crippen LogP contribution in [0.3, 0.4) is 0 Å². The molecule has 0 unspecified atom stereocenters. The van der Waals surface area contributed by atoms with Crippen molar-refractivity contribution in [3.8, 4) is 0 Å². The van der Waals surface area contributed by atoms with Crippen molar-refractivity contribution in [2.45, 2.75) is 44.2 Å². The Morgan fingerprint density at radius 2 is 2.17 bits per heavy atom. The van der Waals surface area contributed by atoms with E-state index in [-0.39, 0.29) is 0 Å². The highest BCUT2D eigenvalue weighted by Crippen LogP contribution is 2.25. The first-order valence-electron chi connectivity index (χ1n) is 8.75. The number of rotatable bonds is 4. The zero-order chi connectivity index (χ0) is 16.3. The number of aromatic nitrogens is 1. The summed E-state index contributed by atoms with van der Waals surface area (Å²) in [6, 6.07) is 6.69. The Hall–Kier alpha value is -1.17. The van der Waals surface area contributed by atoms with Gasteiger partial charge in [-0.25, -0.2) is 4.98 Å². The highest BCUT2D eigenvalue weighted by Gasteiger charge is 2.34. The molecule has 1 atom stereocenters. The molecule has 2 aliphatic heterocycles. The molecular formula is C18H29N3O2. The van der Waals surface area contributed by atoms with Crippen LogP contribution in [0.4, 0.5) is 5.82 Å². The highest BCUT2D eigenvalue weighted by atomic mass is 16.5. The van der Waals surface area contributed by atoms with Gasteiger partial charge < -0.3 is 14.7 Å². The Bertz CT molecular complexity index is 517. The summed E-state index contributed by atoms with van der Waals surface area (Å²) in [5.41, 5.74) is 0.478. The first-order valence-corrected chi connectivity index (χ1v) is 8.75. The summed E-state index contributed by atoms with van der Waals surface area (Å²) < 4.78 is 5.38. The van der Waals surface area contributed by atoms with E-state index in [1.54, 1.807) is 0 Å². The molecule has 3 rings (SSSR count). The molecule has 1 aromatic rings. The molecule has 128 valence electrons. The van der Waals surface area contributed by atoms with Crippen LogP contribution >= 0.6 is 0 Å². The normalized spacial score (nSPS) is 24.9. The smallest absolute Gasteiger partial charge is 0.128 e. The summed E-state index contributed by atoms with van der Waals surface area (Å²) in [4.78, 5) is 9.38. The molecule has 3 heterocycles. The Balaban J connectivity index is 1.61. The molecule has 0 aliphatic carbocycles. The quantitative estimate of drug-likeness (QED) is 0.917. The van der Waals surface area contributed by atoms with Crippen LogP contribution in [0.15, 0.2) is 18.2 Å². The van der Waals surface area contributed by atoms with Crippen LogP contribution in [0.5, 0.6) is 0 Å². The van der Waals surface area contributed by atoms with E-state index in [2.05, 4.69) is 34.0 Å². The second-order valence-corrected chi connectivity index (χ2v) is 7.13. The van der Waals surface area contributed by atoms with E-state index in [1.165, 1.54) is 12.8 Å². The van der Waals surface area contributed by atoms with E-state index in [4.69, 9.17) is 4.74 Å². The second kappa shape index (κ2) is 7.16. The molecule has 2 fully saturated rings. The summed E-state index contributed by atoms with van der Waals surface area (Å²) in [7, 11) is 2.14. The first kappa shape index (κ1) is 16.7. The topological polar surface area (TPSA) is 48.8 Å². The lowest BCUT2D eigenvalue weighted by atomic mass is 9.92. The Morgan fingerprint density at radius 3 is 2.91 bits per heavy atom. The second-order valence-electron chi connectivity index (χ2n) is 7.13. The van der Waals surface area contributed by atoms with Crippen LogP contribution in [0, 0.1) is 6.92 Å². The molecule has 1 aromatic heterocycles. The van der Waals surface area contributed by atoms with Crippen LogP contribution in [0.25, 0.3) is 0 Å². The lowest BCUT2D eigenvalue weighted by molar-refractivity contribution is -0.0818. The molecule has 2 aliphatic rings. The molecule has 2 saturated heterocycles. The van der Waals surface area contributed by atoms with Crippen molar-refractivity contribution in [1.82, 2.24) is 9.88 Å². The van der Waals surface area contributed by atoms with E-state index in [9.17, 15) is 5.11 Å². The third kappa shape index (κ3) is 4.22. The van der Waals surface area contributed by atoms with Crippen molar-refractivity contribution in [3.05, 3.63) is 23.9 Å². The largest absolute Gasteiger partial charge is 0.388 e. The molecule has 0 spiro atoms. The molecular weight excluding hydrogens is 290 g/mol. The SMILES string of the molecule is Cc1cccc(N2CCC[C@@H](N(C)CC3(O)CCOCC3)C2)n1. The molecule has 0 amide bonds. The predicted octanol–water partition coefficient (Wildman–Crippen LogP) is 1.83. The summed E-state index contributed by atoms with van der Waals surface area (Å²) in [5, 5.41) is 10.7. The van der Waals surface area contributed by atoms with Crippen molar-refractivity contribution in [3.63, 3.8) is 0 Å². The number of pyridine rings is 1. The summed E-state index contributed by atoms with van der Waals surface area (Å²) in [5.74, 6) is 1.08. The molecule has 0 bridgehead atoms. The van der Waals surface area contributed by atoms with Crippen LogP contribution in [0.1, 0.15) is 31.4 Å². The lowest BCUT2D eigenvalue weighted by Crippen LogP contribution is -2.53. The molecule has 5 heteroatoms. The third-order valence-corrected chi connectivity index (χ3v) is 5.18. The van der Waals surface area contributed by atoms with Gasteiger partial charge in [0.1, 0.15) is 5.82 Å². The number of nitrogens with zero attached hydrogens (tertiary/aromatic N) is 3. The molecule has 0 aromatic carbocycles. The number of anilines is 1. The van der Waals surface area contributed by atoms with Crippen molar-refractivity contribution in [2.24, 2.45) is 0 Å². The fourth-order valence-electron chi connectivity index (χ4n) is 3.73. The minimum atomic E-state index is -0.586. The van der Waals surface area contributed by atoms with Gasteiger partial charge in [0.15, 0.2) is 0 Å². The van der Waals surface area contributed by atoms with Crippen LogP contribution < -0.4 is 4.90 Å². The molecule has 0 radical (unpaired) electrons. The average molecular weight is 319 g/mol. The fourth-order valence-corrected chi connectivity index (χ4v) is 3.73. The number of aryl methyl sites for hydroxylation is 1. The predicted molar refractivity (Wildman–Crippen MR) is 91.8 cm³/mol. The number of hydrogen-bond acceptors (Lipinski definition) is 5. The summed E-state index contributed by atoms with van der Waals surface area (Å²) >= 11 is 0. The Labute approximate surface area is 139 Å². The fraction of sp³-hybridized carbons (Fsp3) is 0.722. The van der Waals surface area contributed by atoms with Crippen LogP contribution in [-0.2, 0) is 4.74 Å². The van der Waals surface area contributed by atoms with Gasteiger partial charge in [0.05, 0.1) is 5.60 Å². The van der Waals surface area contributed by atoms with E-state index < -0.39 is 5.60 Å². The molecule has 5 nitrogen and oxygen atoms in total. The van der Waals surface area contributed by atoms with Gasteiger partial charge in [-0.15, -0.1) is 0 Å². The van der Waals surface area contributed by atoms with E-state index >= 15 is 0 Å². The number of hydrogen-bond donors (Lipinski definition) is 1. The zero-order valence-corrected chi connectivity index (χ0v) is 14.4. The van der Waals surface area contributed by atoms with Crippen LogP contribution in [0.2, 0.25) is 0 Å². The zero-order valence-electron chi connectivity index (χ0n) is 14.4. The maximum Gasteiger partial charge on any atom is 0.128 e. The Kier molecular flexibility index (Phi) is 5.19. The van der Waals surface area contributed by atoms with Gasteiger partial charge in [-0.3, -0.25) is 4.90 Å². The number of ether oxygens (including phenoxy) is 1. The van der Waals surface area contributed by atoms with Crippen molar-refractivity contribution >= 4 is 5.82 Å².